The van der Waals surface area contributed by atoms with E-state index in [9.17, 15) is 0 Å². The first kappa shape index (κ1) is 14.5. The second-order valence-corrected chi connectivity index (χ2v) is 5.85. The second kappa shape index (κ2) is 6.53. The molecule has 1 aromatic rings. The number of benzene rings is 1. The molecule has 1 saturated carbocycles. The molecule has 2 heteroatoms. The molecule has 0 heterocycles. The summed E-state index contributed by atoms with van der Waals surface area (Å²) < 4.78 is 0. The van der Waals surface area contributed by atoms with Crippen LogP contribution in [0.15, 0.2) is 18.2 Å². The predicted octanol–water partition coefficient (Wildman–Crippen LogP) is 3.44. The largest absolute Gasteiger partial charge is 0.309 e. The zero-order valence-corrected chi connectivity index (χ0v) is 12.9. The highest BCUT2D eigenvalue weighted by Crippen LogP contribution is 2.28. The smallest absolute Gasteiger partial charge is 0.0449 e. The van der Waals surface area contributed by atoms with Gasteiger partial charge in [0.25, 0.3) is 0 Å². The van der Waals surface area contributed by atoms with Gasteiger partial charge in [-0.3, -0.25) is 4.90 Å². The van der Waals surface area contributed by atoms with Crippen molar-refractivity contribution in [2.24, 2.45) is 0 Å². The van der Waals surface area contributed by atoms with E-state index in [0.29, 0.717) is 6.04 Å². The summed E-state index contributed by atoms with van der Waals surface area (Å²) in [6.07, 6.45) is 2.78. The van der Waals surface area contributed by atoms with Gasteiger partial charge in [0.05, 0.1) is 0 Å². The summed E-state index contributed by atoms with van der Waals surface area (Å²) in [7, 11) is 0. The SMILES string of the molecule is CCNC(CN(CC)C1CC1)c1cc(C)cc(C)c1. The van der Waals surface area contributed by atoms with Crippen LogP contribution in [0.3, 0.4) is 0 Å². The van der Waals surface area contributed by atoms with E-state index in [1.807, 2.05) is 0 Å². The van der Waals surface area contributed by atoms with Gasteiger partial charge in [0, 0.05) is 18.6 Å². The van der Waals surface area contributed by atoms with Gasteiger partial charge < -0.3 is 5.32 Å². The number of nitrogens with one attached hydrogen (secondary N) is 1. The van der Waals surface area contributed by atoms with Crippen LogP contribution in [0.25, 0.3) is 0 Å². The molecule has 1 aliphatic rings. The van der Waals surface area contributed by atoms with Crippen molar-refractivity contribution >= 4 is 0 Å². The predicted molar refractivity (Wildman–Crippen MR) is 82.6 cm³/mol. The average molecular weight is 260 g/mol. The van der Waals surface area contributed by atoms with Crippen molar-refractivity contribution in [1.29, 1.82) is 0 Å². The molecule has 106 valence electrons. The van der Waals surface area contributed by atoms with Crippen LogP contribution in [-0.4, -0.2) is 30.6 Å². The summed E-state index contributed by atoms with van der Waals surface area (Å²) in [5.74, 6) is 0. The normalized spacial score (nSPS) is 16.9. The number of hydrogen-bond donors (Lipinski definition) is 1. The zero-order chi connectivity index (χ0) is 13.8. The summed E-state index contributed by atoms with van der Waals surface area (Å²) in [6.45, 7) is 12.2. The van der Waals surface area contributed by atoms with Crippen LogP contribution in [0.5, 0.6) is 0 Å². The average Bonchev–Trinajstić information content (AvgIpc) is 3.17. The highest BCUT2D eigenvalue weighted by molar-refractivity contribution is 5.31. The molecule has 1 aromatic carbocycles. The van der Waals surface area contributed by atoms with Gasteiger partial charge in [0.2, 0.25) is 0 Å². The molecular formula is C17H28N2. The Kier molecular flexibility index (Phi) is 5.00. The van der Waals surface area contributed by atoms with Crippen LogP contribution in [0.2, 0.25) is 0 Å². The minimum Gasteiger partial charge on any atom is -0.309 e. The van der Waals surface area contributed by atoms with Gasteiger partial charge in [-0.15, -0.1) is 0 Å². The van der Waals surface area contributed by atoms with E-state index in [4.69, 9.17) is 0 Å². The second-order valence-electron chi connectivity index (χ2n) is 5.85. The van der Waals surface area contributed by atoms with Gasteiger partial charge in [-0.25, -0.2) is 0 Å². The minimum atomic E-state index is 0.462. The third-order valence-electron chi connectivity index (χ3n) is 3.98. The van der Waals surface area contributed by atoms with Crippen molar-refractivity contribution in [1.82, 2.24) is 10.2 Å². The molecule has 0 saturated heterocycles. The molecule has 19 heavy (non-hydrogen) atoms. The number of rotatable bonds is 7. The first-order valence-corrected chi connectivity index (χ1v) is 7.69. The van der Waals surface area contributed by atoms with E-state index in [1.165, 1.54) is 29.5 Å². The third kappa shape index (κ3) is 4.05. The van der Waals surface area contributed by atoms with Crippen LogP contribution in [0.1, 0.15) is 49.4 Å². The quantitative estimate of drug-likeness (QED) is 0.808. The summed E-state index contributed by atoms with van der Waals surface area (Å²) in [6, 6.07) is 8.23. The lowest BCUT2D eigenvalue weighted by atomic mass is 10.0. The van der Waals surface area contributed by atoms with E-state index in [1.54, 1.807) is 0 Å². The Morgan fingerprint density at radius 1 is 1.16 bits per heavy atom. The number of likely N-dealkylation sites (N-methyl/N-ethyl adjacent to an activating group) is 2. The molecule has 1 unspecified atom stereocenters. The third-order valence-corrected chi connectivity index (χ3v) is 3.98. The number of hydrogen-bond acceptors (Lipinski definition) is 2. The Labute approximate surface area is 118 Å². The highest BCUT2D eigenvalue weighted by atomic mass is 15.2. The monoisotopic (exact) mass is 260 g/mol. The first-order chi connectivity index (χ1) is 9.13. The van der Waals surface area contributed by atoms with Crippen LogP contribution < -0.4 is 5.32 Å². The summed E-state index contributed by atoms with van der Waals surface area (Å²) in [5, 5.41) is 3.66. The fourth-order valence-electron chi connectivity index (χ4n) is 2.96. The maximum absolute atomic E-state index is 3.66. The molecular weight excluding hydrogens is 232 g/mol. The maximum atomic E-state index is 3.66. The molecule has 1 aliphatic carbocycles. The summed E-state index contributed by atoms with van der Waals surface area (Å²) in [4.78, 5) is 2.63. The maximum Gasteiger partial charge on any atom is 0.0449 e. The van der Waals surface area contributed by atoms with Gasteiger partial charge in [-0.2, -0.15) is 0 Å². The van der Waals surface area contributed by atoms with Gasteiger partial charge in [0.15, 0.2) is 0 Å². The van der Waals surface area contributed by atoms with E-state index in [-0.39, 0.29) is 0 Å². The van der Waals surface area contributed by atoms with Crippen molar-refractivity contribution in [3.8, 4) is 0 Å². The Bertz CT molecular complexity index is 389. The molecule has 0 aliphatic heterocycles. The molecule has 1 atom stereocenters. The fraction of sp³-hybridized carbons (Fsp3) is 0.647. The van der Waals surface area contributed by atoms with Gasteiger partial charge >= 0.3 is 0 Å². The van der Waals surface area contributed by atoms with Crippen molar-refractivity contribution in [3.63, 3.8) is 0 Å². The number of aryl methyl sites for hydroxylation is 2. The number of nitrogens with zero attached hydrogens (tertiary/aromatic N) is 1. The Morgan fingerprint density at radius 2 is 1.79 bits per heavy atom. The molecule has 1 fully saturated rings. The molecule has 0 amide bonds. The minimum absolute atomic E-state index is 0.462. The molecule has 0 bridgehead atoms. The molecule has 0 spiro atoms. The lowest BCUT2D eigenvalue weighted by molar-refractivity contribution is 0.245. The van der Waals surface area contributed by atoms with E-state index < -0.39 is 0 Å². The summed E-state index contributed by atoms with van der Waals surface area (Å²) >= 11 is 0. The van der Waals surface area contributed by atoms with Crippen molar-refractivity contribution in [3.05, 3.63) is 34.9 Å². The van der Waals surface area contributed by atoms with Crippen molar-refractivity contribution < 1.29 is 0 Å². The van der Waals surface area contributed by atoms with E-state index >= 15 is 0 Å². The fourth-order valence-corrected chi connectivity index (χ4v) is 2.96. The van der Waals surface area contributed by atoms with Crippen LogP contribution >= 0.6 is 0 Å². The van der Waals surface area contributed by atoms with E-state index in [2.05, 4.69) is 56.1 Å². The zero-order valence-electron chi connectivity index (χ0n) is 12.9. The topological polar surface area (TPSA) is 15.3 Å². The van der Waals surface area contributed by atoms with Gasteiger partial charge in [-0.05, 0) is 45.3 Å². The Hall–Kier alpha value is -0.860. The van der Waals surface area contributed by atoms with Crippen molar-refractivity contribution in [2.45, 2.75) is 52.6 Å². The van der Waals surface area contributed by atoms with Crippen LogP contribution in [-0.2, 0) is 0 Å². The van der Waals surface area contributed by atoms with Crippen molar-refractivity contribution in [2.75, 3.05) is 19.6 Å². The van der Waals surface area contributed by atoms with Crippen LogP contribution in [0, 0.1) is 13.8 Å². The molecule has 0 radical (unpaired) electrons. The lowest BCUT2D eigenvalue weighted by Crippen LogP contribution is -2.36. The Balaban J connectivity index is 2.13. The standard InChI is InChI=1S/C17H28N2/c1-5-18-17(12-19(6-2)16-7-8-16)15-10-13(3)9-14(4)11-15/h9-11,16-18H,5-8,12H2,1-4H3. The van der Waals surface area contributed by atoms with Crippen LogP contribution in [0.4, 0.5) is 0 Å². The molecule has 1 N–H and O–H groups in total. The summed E-state index contributed by atoms with van der Waals surface area (Å²) in [5.41, 5.74) is 4.18. The lowest BCUT2D eigenvalue weighted by Gasteiger charge is -2.27. The first-order valence-electron chi connectivity index (χ1n) is 7.69. The van der Waals surface area contributed by atoms with E-state index in [0.717, 1.165) is 25.7 Å². The molecule has 2 nitrogen and oxygen atoms in total. The molecule has 0 aromatic heterocycles. The Morgan fingerprint density at radius 3 is 2.26 bits per heavy atom. The molecule has 2 rings (SSSR count). The highest BCUT2D eigenvalue weighted by Gasteiger charge is 2.29. The van der Waals surface area contributed by atoms with Gasteiger partial charge in [0.1, 0.15) is 0 Å². The van der Waals surface area contributed by atoms with Gasteiger partial charge in [-0.1, -0.05) is 43.2 Å².